The van der Waals surface area contributed by atoms with Crippen molar-refractivity contribution in [3.05, 3.63) is 53.3 Å². The molecule has 0 fully saturated rings. The summed E-state index contributed by atoms with van der Waals surface area (Å²) in [5, 5.41) is 2.83. The van der Waals surface area contributed by atoms with Gasteiger partial charge in [-0.1, -0.05) is 12.1 Å². The van der Waals surface area contributed by atoms with Crippen molar-refractivity contribution in [3.8, 4) is 5.75 Å². The molecule has 1 atom stereocenters. The number of nitrogens with one attached hydrogen (secondary N) is 1. The number of hydrogen-bond acceptors (Lipinski definition) is 3. The number of halogens is 1. The third-order valence-electron chi connectivity index (χ3n) is 3.68. The fraction of sp³-hybridized carbons (Fsp3) is 0.176. The molecule has 1 N–H and O–H groups in total. The standard InChI is InChI=1S/C17H15FN2O2/c1-10-4-3-5-14-16(10)12(17(21)20-14)9-19-11-6-7-15(22-2)13(18)8-11/h3-9,12H,1-2H3,(H,20,21). The Hall–Kier alpha value is -2.69. The average Bonchev–Trinajstić information content (AvgIpc) is 2.82. The number of hydrogen-bond donors (Lipinski definition) is 1. The summed E-state index contributed by atoms with van der Waals surface area (Å²) in [6.45, 7) is 1.95. The van der Waals surface area contributed by atoms with E-state index in [0.29, 0.717) is 5.69 Å². The summed E-state index contributed by atoms with van der Waals surface area (Å²) in [7, 11) is 1.41. The number of methoxy groups -OCH3 is 1. The molecule has 0 radical (unpaired) electrons. The molecular weight excluding hydrogens is 283 g/mol. The van der Waals surface area contributed by atoms with Crippen LogP contribution in [0.1, 0.15) is 17.0 Å². The highest BCUT2D eigenvalue weighted by molar-refractivity contribution is 6.13. The van der Waals surface area contributed by atoms with Crippen LogP contribution >= 0.6 is 0 Å². The van der Waals surface area contributed by atoms with Gasteiger partial charge >= 0.3 is 0 Å². The maximum Gasteiger partial charge on any atom is 0.237 e. The molecule has 0 aromatic heterocycles. The van der Waals surface area contributed by atoms with Crippen molar-refractivity contribution in [3.63, 3.8) is 0 Å². The van der Waals surface area contributed by atoms with Gasteiger partial charge in [-0.15, -0.1) is 0 Å². The van der Waals surface area contributed by atoms with Gasteiger partial charge in [-0.2, -0.15) is 0 Å². The highest BCUT2D eigenvalue weighted by Crippen LogP contribution is 2.34. The van der Waals surface area contributed by atoms with Crippen molar-refractivity contribution in [2.75, 3.05) is 12.4 Å². The number of carbonyl (C=O) groups excluding carboxylic acids is 1. The second-order valence-corrected chi connectivity index (χ2v) is 5.10. The van der Waals surface area contributed by atoms with E-state index in [9.17, 15) is 9.18 Å². The lowest BCUT2D eigenvalue weighted by atomic mass is 9.97. The topological polar surface area (TPSA) is 50.7 Å². The molecule has 0 aliphatic carbocycles. The van der Waals surface area contributed by atoms with Gasteiger partial charge in [-0.25, -0.2) is 4.39 Å². The summed E-state index contributed by atoms with van der Waals surface area (Å²) in [4.78, 5) is 16.3. The second-order valence-electron chi connectivity index (χ2n) is 5.10. The molecule has 1 amide bonds. The molecule has 4 nitrogen and oxygen atoms in total. The van der Waals surface area contributed by atoms with Gasteiger partial charge < -0.3 is 10.1 Å². The van der Waals surface area contributed by atoms with E-state index in [1.807, 2.05) is 25.1 Å². The van der Waals surface area contributed by atoms with Gasteiger partial charge in [0.25, 0.3) is 0 Å². The van der Waals surface area contributed by atoms with Gasteiger partial charge in [0.05, 0.1) is 12.8 Å². The number of nitrogens with zero attached hydrogens (tertiary/aromatic N) is 1. The predicted octanol–water partition coefficient (Wildman–Crippen LogP) is 3.58. The molecule has 1 unspecified atom stereocenters. The SMILES string of the molecule is COc1ccc(N=CC2C(=O)Nc3cccc(C)c32)cc1F. The number of anilines is 1. The first kappa shape index (κ1) is 14.3. The Labute approximate surface area is 127 Å². The van der Waals surface area contributed by atoms with E-state index in [2.05, 4.69) is 10.3 Å². The molecule has 5 heteroatoms. The summed E-state index contributed by atoms with van der Waals surface area (Å²) in [6.07, 6.45) is 1.55. The number of rotatable bonds is 3. The normalized spacial score (nSPS) is 16.7. The van der Waals surface area contributed by atoms with Crippen LogP contribution in [0, 0.1) is 12.7 Å². The molecule has 112 valence electrons. The molecular formula is C17H15FN2O2. The van der Waals surface area contributed by atoms with Crippen LogP contribution in [0.3, 0.4) is 0 Å². The second kappa shape index (κ2) is 5.60. The summed E-state index contributed by atoms with van der Waals surface area (Å²) < 4.78 is 18.5. The lowest BCUT2D eigenvalue weighted by molar-refractivity contribution is -0.115. The van der Waals surface area contributed by atoms with E-state index in [1.54, 1.807) is 12.3 Å². The summed E-state index contributed by atoms with van der Waals surface area (Å²) in [5.41, 5.74) is 3.19. The van der Waals surface area contributed by atoms with Gasteiger partial charge in [-0.3, -0.25) is 9.79 Å². The summed E-state index contributed by atoms with van der Waals surface area (Å²) in [6, 6.07) is 10.1. The Morgan fingerprint density at radius 3 is 2.86 bits per heavy atom. The van der Waals surface area contributed by atoms with Crippen molar-refractivity contribution >= 4 is 23.5 Å². The minimum Gasteiger partial charge on any atom is -0.494 e. The zero-order valence-corrected chi connectivity index (χ0v) is 12.3. The maximum absolute atomic E-state index is 13.7. The number of aliphatic imine (C=N–C) groups is 1. The molecule has 0 spiro atoms. The Balaban J connectivity index is 1.91. The van der Waals surface area contributed by atoms with E-state index in [-0.39, 0.29) is 11.7 Å². The van der Waals surface area contributed by atoms with Crippen LogP contribution in [0.15, 0.2) is 41.4 Å². The van der Waals surface area contributed by atoms with Gasteiger partial charge in [0, 0.05) is 18.0 Å². The van der Waals surface area contributed by atoms with Crippen LogP contribution in [-0.4, -0.2) is 19.2 Å². The van der Waals surface area contributed by atoms with Crippen molar-refractivity contribution in [1.29, 1.82) is 0 Å². The third-order valence-corrected chi connectivity index (χ3v) is 3.68. The Morgan fingerprint density at radius 2 is 2.14 bits per heavy atom. The van der Waals surface area contributed by atoms with Crippen molar-refractivity contribution < 1.29 is 13.9 Å². The fourth-order valence-electron chi connectivity index (χ4n) is 2.58. The van der Waals surface area contributed by atoms with E-state index >= 15 is 0 Å². The Morgan fingerprint density at radius 1 is 1.32 bits per heavy atom. The van der Waals surface area contributed by atoms with Gasteiger partial charge in [0.2, 0.25) is 5.91 Å². The predicted molar refractivity (Wildman–Crippen MR) is 83.7 cm³/mol. The third kappa shape index (κ3) is 2.45. The maximum atomic E-state index is 13.7. The lowest BCUT2D eigenvalue weighted by Crippen LogP contribution is -2.13. The molecule has 1 aliphatic rings. The van der Waals surface area contributed by atoms with E-state index in [1.165, 1.54) is 19.2 Å². The van der Waals surface area contributed by atoms with E-state index < -0.39 is 11.7 Å². The zero-order valence-electron chi connectivity index (χ0n) is 12.3. The van der Waals surface area contributed by atoms with Crippen molar-refractivity contribution in [2.24, 2.45) is 4.99 Å². The van der Waals surface area contributed by atoms with Crippen molar-refractivity contribution in [1.82, 2.24) is 0 Å². The van der Waals surface area contributed by atoms with Gasteiger partial charge in [0.1, 0.15) is 5.92 Å². The van der Waals surface area contributed by atoms with E-state index in [0.717, 1.165) is 16.8 Å². The van der Waals surface area contributed by atoms with Crippen LogP contribution in [0.4, 0.5) is 15.8 Å². The lowest BCUT2D eigenvalue weighted by Gasteiger charge is -2.06. The molecule has 2 aromatic carbocycles. The van der Waals surface area contributed by atoms with Gasteiger partial charge in [0.15, 0.2) is 11.6 Å². The highest BCUT2D eigenvalue weighted by Gasteiger charge is 2.30. The van der Waals surface area contributed by atoms with Crippen LogP contribution < -0.4 is 10.1 Å². The molecule has 2 aromatic rings. The minimum atomic E-state index is -0.482. The molecule has 1 heterocycles. The number of aryl methyl sites for hydroxylation is 1. The number of fused-ring (bicyclic) bond motifs is 1. The minimum absolute atomic E-state index is 0.123. The van der Waals surface area contributed by atoms with Crippen LogP contribution in [0.2, 0.25) is 0 Å². The molecule has 0 saturated carbocycles. The molecule has 22 heavy (non-hydrogen) atoms. The Kier molecular flexibility index (Phi) is 3.63. The highest BCUT2D eigenvalue weighted by atomic mass is 19.1. The number of benzene rings is 2. The first-order valence-electron chi connectivity index (χ1n) is 6.88. The molecule has 1 aliphatic heterocycles. The number of amides is 1. The first-order chi connectivity index (χ1) is 10.6. The Bertz CT molecular complexity index is 771. The van der Waals surface area contributed by atoms with Crippen LogP contribution in [0.5, 0.6) is 5.75 Å². The van der Waals surface area contributed by atoms with Crippen LogP contribution in [0.25, 0.3) is 0 Å². The van der Waals surface area contributed by atoms with Crippen LogP contribution in [-0.2, 0) is 4.79 Å². The number of carbonyl (C=O) groups is 1. The first-order valence-corrected chi connectivity index (χ1v) is 6.88. The van der Waals surface area contributed by atoms with Gasteiger partial charge in [-0.05, 0) is 36.2 Å². The summed E-state index contributed by atoms with van der Waals surface area (Å²) >= 11 is 0. The zero-order chi connectivity index (χ0) is 15.7. The average molecular weight is 298 g/mol. The summed E-state index contributed by atoms with van der Waals surface area (Å²) in [5.74, 6) is -0.897. The molecule has 0 bridgehead atoms. The molecule has 0 saturated heterocycles. The monoisotopic (exact) mass is 298 g/mol. The number of ether oxygens (including phenoxy) is 1. The van der Waals surface area contributed by atoms with E-state index in [4.69, 9.17) is 4.74 Å². The smallest absolute Gasteiger partial charge is 0.237 e. The fourth-order valence-corrected chi connectivity index (χ4v) is 2.58. The van der Waals surface area contributed by atoms with Crippen molar-refractivity contribution in [2.45, 2.75) is 12.8 Å². The largest absolute Gasteiger partial charge is 0.494 e. The quantitative estimate of drug-likeness (QED) is 0.881. The molecule has 3 rings (SSSR count).